The molecule has 1 unspecified atom stereocenters. The molecule has 1 N–H and O–H groups in total. The molecule has 28 heavy (non-hydrogen) atoms. The molecule has 1 aromatic heterocycles. The number of hydrogen-bond donors (Lipinski definition) is 1. The maximum absolute atomic E-state index is 12.7. The number of ether oxygens (including phenoxy) is 1. The van der Waals surface area contributed by atoms with Gasteiger partial charge in [0.2, 0.25) is 17.7 Å². The van der Waals surface area contributed by atoms with Gasteiger partial charge in [0.15, 0.2) is 0 Å². The van der Waals surface area contributed by atoms with Crippen molar-refractivity contribution in [2.75, 3.05) is 13.2 Å². The molecule has 1 aliphatic carbocycles. The Labute approximate surface area is 168 Å². The third-order valence-corrected chi connectivity index (χ3v) is 5.83. The monoisotopic (exact) mass is 387 g/mol. The highest BCUT2D eigenvalue weighted by Gasteiger charge is 2.37. The van der Waals surface area contributed by atoms with Crippen LogP contribution in [-0.4, -0.2) is 40.9 Å². The topological polar surface area (TPSA) is 71.5 Å². The van der Waals surface area contributed by atoms with Gasteiger partial charge in [0.1, 0.15) is 0 Å². The van der Waals surface area contributed by atoms with Crippen molar-refractivity contribution < 1.29 is 14.3 Å². The predicted molar refractivity (Wildman–Crippen MR) is 108 cm³/mol. The van der Waals surface area contributed by atoms with Gasteiger partial charge in [-0.2, -0.15) is 0 Å². The van der Waals surface area contributed by atoms with E-state index in [0.29, 0.717) is 38.0 Å². The second kappa shape index (κ2) is 10.4. The van der Waals surface area contributed by atoms with E-state index in [9.17, 15) is 9.59 Å². The van der Waals surface area contributed by atoms with E-state index < -0.39 is 0 Å². The van der Waals surface area contributed by atoms with Crippen LogP contribution in [0.3, 0.4) is 0 Å². The lowest BCUT2D eigenvalue weighted by Crippen LogP contribution is -2.38. The van der Waals surface area contributed by atoms with Crippen molar-refractivity contribution in [1.82, 2.24) is 15.2 Å². The van der Waals surface area contributed by atoms with E-state index in [1.165, 1.54) is 25.7 Å². The molecule has 154 valence electrons. The Morgan fingerprint density at radius 2 is 2.07 bits per heavy atom. The smallest absolute Gasteiger partial charge is 0.225 e. The molecule has 1 saturated heterocycles. The Morgan fingerprint density at radius 1 is 1.29 bits per heavy atom. The van der Waals surface area contributed by atoms with Crippen molar-refractivity contribution in [3.05, 3.63) is 23.9 Å². The van der Waals surface area contributed by atoms with Gasteiger partial charge in [-0.3, -0.25) is 9.59 Å². The molecule has 1 saturated carbocycles. The van der Waals surface area contributed by atoms with Crippen LogP contribution >= 0.6 is 0 Å². The number of nitrogens with zero attached hydrogens (tertiary/aromatic N) is 2. The summed E-state index contributed by atoms with van der Waals surface area (Å²) in [6, 6.07) is 4.09. The minimum absolute atomic E-state index is 0.0483. The van der Waals surface area contributed by atoms with Crippen LogP contribution in [0.4, 0.5) is 0 Å². The minimum atomic E-state index is -0.253. The molecule has 2 amide bonds. The summed E-state index contributed by atoms with van der Waals surface area (Å²) >= 11 is 0. The SMILES string of the molecule is CCCCOc1ncccc1CNC(=O)C1CC(=O)N(C2CCCCCC2)C1. The summed E-state index contributed by atoms with van der Waals surface area (Å²) < 4.78 is 5.74. The Bertz CT molecular complexity index is 656. The highest BCUT2D eigenvalue weighted by atomic mass is 16.5. The molecule has 0 bridgehead atoms. The van der Waals surface area contributed by atoms with Gasteiger partial charge in [-0.05, 0) is 25.3 Å². The number of likely N-dealkylation sites (tertiary alicyclic amines) is 1. The zero-order valence-electron chi connectivity index (χ0n) is 17.0. The maximum Gasteiger partial charge on any atom is 0.225 e. The number of hydrogen-bond acceptors (Lipinski definition) is 4. The van der Waals surface area contributed by atoms with Gasteiger partial charge in [0.05, 0.1) is 12.5 Å². The largest absolute Gasteiger partial charge is 0.477 e. The van der Waals surface area contributed by atoms with E-state index in [-0.39, 0.29) is 17.7 Å². The van der Waals surface area contributed by atoms with Crippen LogP contribution in [0.2, 0.25) is 0 Å². The molecule has 1 aliphatic heterocycles. The third kappa shape index (κ3) is 5.46. The van der Waals surface area contributed by atoms with Crippen molar-refractivity contribution >= 4 is 11.8 Å². The lowest BCUT2D eigenvalue weighted by molar-refractivity contribution is -0.130. The van der Waals surface area contributed by atoms with E-state index in [2.05, 4.69) is 17.2 Å². The lowest BCUT2D eigenvalue weighted by atomic mass is 10.1. The van der Waals surface area contributed by atoms with Crippen LogP contribution < -0.4 is 10.1 Å². The number of amides is 2. The average Bonchev–Trinajstić information content (AvgIpc) is 2.91. The highest BCUT2D eigenvalue weighted by molar-refractivity contribution is 5.89. The molecule has 2 fully saturated rings. The summed E-state index contributed by atoms with van der Waals surface area (Å²) in [6.45, 7) is 3.68. The van der Waals surface area contributed by atoms with Crippen LogP contribution in [0.1, 0.15) is 70.3 Å². The first-order chi connectivity index (χ1) is 13.7. The maximum atomic E-state index is 12.7. The number of rotatable bonds is 8. The standard InChI is InChI=1S/C22H33N3O3/c1-2-3-13-28-22-17(9-8-12-23-22)15-24-21(27)18-14-20(26)25(16-18)19-10-6-4-5-7-11-19/h8-9,12,18-19H,2-7,10-11,13-16H2,1H3,(H,24,27). The lowest BCUT2D eigenvalue weighted by Gasteiger charge is -2.27. The summed E-state index contributed by atoms with van der Waals surface area (Å²) in [5, 5.41) is 2.99. The molecule has 6 nitrogen and oxygen atoms in total. The van der Waals surface area contributed by atoms with Crippen molar-refractivity contribution in [3.63, 3.8) is 0 Å². The van der Waals surface area contributed by atoms with Crippen LogP contribution in [-0.2, 0) is 16.1 Å². The van der Waals surface area contributed by atoms with Crippen molar-refractivity contribution in [2.24, 2.45) is 5.92 Å². The van der Waals surface area contributed by atoms with E-state index in [0.717, 1.165) is 31.2 Å². The summed E-state index contributed by atoms with van der Waals surface area (Å²) in [5.74, 6) is 0.417. The zero-order chi connectivity index (χ0) is 19.8. The number of carbonyl (C=O) groups is 2. The Hall–Kier alpha value is -2.11. The summed E-state index contributed by atoms with van der Waals surface area (Å²) in [5.41, 5.74) is 0.872. The summed E-state index contributed by atoms with van der Waals surface area (Å²) in [6.07, 6.45) is 11.1. The molecule has 2 aliphatic rings. The highest BCUT2D eigenvalue weighted by Crippen LogP contribution is 2.28. The second-order valence-electron chi connectivity index (χ2n) is 7.98. The van der Waals surface area contributed by atoms with Crippen LogP contribution in [0.25, 0.3) is 0 Å². The van der Waals surface area contributed by atoms with E-state index in [1.54, 1.807) is 6.20 Å². The first kappa shape index (κ1) is 20.6. The van der Waals surface area contributed by atoms with E-state index in [4.69, 9.17) is 4.74 Å². The van der Waals surface area contributed by atoms with Crippen LogP contribution in [0, 0.1) is 5.92 Å². The third-order valence-electron chi connectivity index (χ3n) is 5.83. The van der Waals surface area contributed by atoms with E-state index in [1.807, 2.05) is 17.0 Å². The van der Waals surface area contributed by atoms with Gasteiger partial charge < -0.3 is 15.0 Å². The van der Waals surface area contributed by atoms with Gasteiger partial charge in [0, 0.05) is 37.3 Å². The molecule has 0 spiro atoms. The van der Waals surface area contributed by atoms with Gasteiger partial charge in [-0.1, -0.05) is 45.1 Å². The number of nitrogens with one attached hydrogen (secondary N) is 1. The van der Waals surface area contributed by atoms with Crippen LogP contribution in [0.15, 0.2) is 18.3 Å². The molecule has 0 radical (unpaired) electrons. The number of pyridine rings is 1. The normalized spacial score (nSPS) is 20.8. The number of unbranched alkanes of at least 4 members (excludes halogenated alkanes) is 1. The fourth-order valence-corrected chi connectivity index (χ4v) is 4.16. The van der Waals surface area contributed by atoms with Crippen molar-refractivity contribution in [3.8, 4) is 5.88 Å². The average molecular weight is 388 g/mol. The molecule has 3 rings (SSSR count). The van der Waals surface area contributed by atoms with Gasteiger partial charge in [-0.15, -0.1) is 0 Å². The zero-order valence-corrected chi connectivity index (χ0v) is 17.0. The van der Waals surface area contributed by atoms with Gasteiger partial charge in [-0.25, -0.2) is 4.98 Å². The number of carbonyl (C=O) groups excluding carboxylic acids is 2. The fourth-order valence-electron chi connectivity index (χ4n) is 4.16. The molecule has 1 aromatic rings. The Balaban J connectivity index is 1.52. The predicted octanol–water partition coefficient (Wildman–Crippen LogP) is 3.45. The molecular weight excluding hydrogens is 354 g/mol. The quantitative estimate of drug-likeness (QED) is 0.548. The molecular formula is C22H33N3O3. The van der Waals surface area contributed by atoms with E-state index >= 15 is 0 Å². The van der Waals surface area contributed by atoms with Crippen LogP contribution in [0.5, 0.6) is 5.88 Å². The van der Waals surface area contributed by atoms with Crippen molar-refractivity contribution in [1.29, 1.82) is 0 Å². The Kier molecular flexibility index (Phi) is 7.69. The molecule has 1 atom stereocenters. The first-order valence-electron chi connectivity index (χ1n) is 10.8. The minimum Gasteiger partial charge on any atom is -0.477 e. The fraction of sp³-hybridized carbons (Fsp3) is 0.682. The first-order valence-corrected chi connectivity index (χ1v) is 10.8. The number of aromatic nitrogens is 1. The molecule has 6 heteroatoms. The second-order valence-corrected chi connectivity index (χ2v) is 7.98. The summed E-state index contributed by atoms with van der Waals surface area (Å²) in [4.78, 5) is 31.4. The van der Waals surface area contributed by atoms with Gasteiger partial charge in [0.25, 0.3) is 0 Å². The van der Waals surface area contributed by atoms with Crippen molar-refractivity contribution in [2.45, 2.75) is 77.3 Å². The molecule has 2 heterocycles. The van der Waals surface area contributed by atoms with Gasteiger partial charge >= 0.3 is 0 Å². The molecule has 0 aromatic carbocycles. The Morgan fingerprint density at radius 3 is 2.82 bits per heavy atom. The summed E-state index contributed by atoms with van der Waals surface area (Å²) in [7, 11) is 0.